The number of halogens is 1. The van der Waals surface area contributed by atoms with Crippen molar-refractivity contribution in [1.29, 1.82) is 0 Å². The number of hydrogen-bond acceptors (Lipinski definition) is 3. The van der Waals surface area contributed by atoms with Gasteiger partial charge in [0.2, 0.25) is 0 Å². The highest BCUT2D eigenvalue weighted by Crippen LogP contribution is 2.22. The summed E-state index contributed by atoms with van der Waals surface area (Å²) in [5, 5.41) is 11.3. The number of nitrogens with one attached hydrogen (secondary N) is 1. The van der Waals surface area contributed by atoms with Gasteiger partial charge in [-0.15, -0.1) is 11.3 Å². The molecule has 0 aromatic carbocycles. The van der Waals surface area contributed by atoms with E-state index < -0.39 is 5.97 Å². The molecule has 1 heterocycles. The largest absolute Gasteiger partial charge is 0.481 e. The highest BCUT2D eigenvalue weighted by atomic mass is 35.5. The van der Waals surface area contributed by atoms with Gasteiger partial charge in [0, 0.05) is 25.0 Å². The van der Waals surface area contributed by atoms with Crippen LogP contribution in [0.1, 0.15) is 24.1 Å². The first-order chi connectivity index (χ1) is 9.49. The van der Waals surface area contributed by atoms with E-state index in [0.29, 0.717) is 6.54 Å². The average Bonchev–Trinajstić information content (AvgIpc) is 2.81. The first kappa shape index (κ1) is 16.8. The summed E-state index contributed by atoms with van der Waals surface area (Å²) in [5.41, 5.74) is 0. The van der Waals surface area contributed by atoms with Crippen LogP contribution in [-0.2, 0) is 11.2 Å². The number of thiophene rings is 1. The van der Waals surface area contributed by atoms with Crippen molar-refractivity contribution in [2.45, 2.75) is 25.7 Å². The molecule has 7 heteroatoms. The average molecular weight is 319 g/mol. The van der Waals surface area contributed by atoms with Gasteiger partial charge >= 0.3 is 12.0 Å². The molecule has 0 saturated heterocycles. The number of carboxylic acids is 1. The third-order valence-electron chi connectivity index (χ3n) is 2.76. The Balaban J connectivity index is 2.08. The summed E-state index contributed by atoms with van der Waals surface area (Å²) in [5.74, 6) is -0.903. The number of carboxylic acid groups (broad SMARTS) is 1. The molecule has 0 atom stereocenters. The molecule has 2 N–H and O–H groups in total. The highest BCUT2D eigenvalue weighted by Gasteiger charge is 2.08. The molecule has 1 rings (SSSR count). The third-order valence-corrected chi connectivity index (χ3v) is 4.05. The van der Waals surface area contributed by atoms with Crippen LogP contribution < -0.4 is 5.32 Å². The van der Waals surface area contributed by atoms with Crippen LogP contribution in [0.5, 0.6) is 0 Å². The van der Waals surface area contributed by atoms with Crippen LogP contribution >= 0.6 is 22.9 Å². The number of unbranched alkanes of at least 4 members (excludes halogenated alkanes) is 1. The van der Waals surface area contributed by atoms with E-state index in [4.69, 9.17) is 16.7 Å². The zero-order chi connectivity index (χ0) is 15.0. The maximum absolute atomic E-state index is 11.6. The van der Waals surface area contributed by atoms with E-state index in [1.165, 1.54) is 9.78 Å². The number of rotatable bonds is 8. The number of carbonyl (C=O) groups is 2. The fourth-order valence-corrected chi connectivity index (χ4v) is 2.73. The lowest BCUT2D eigenvalue weighted by Gasteiger charge is -2.16. The van der Waals surface area contributed by atoms with Gasteiger partial charge in [-0.2, -0.15) is 0 Å². The lowest BCUT2D eigenvalue weighted by atomic mass is 10.2. The maximum atomic E-state index is 11.6. The predicted octanol–water partition coefficient (Wildman–Crippen LogP) is 2.84. The standard InChI is InChI=1S/C13H19ClN2O3S/c1-16(9-7-12(17)18)13(19)15-8-3-2-4-10-5-6-11(14)20-10/h5-6H,2-4,7-9H2,1H3,(H,15,19)(H,17,18). The number of nitrogens with zero attached hydrogens (tertiary/aromatic N) is 1. The van der Waals surface area contributed by atoms with Crippen LogP contribution in [0, 0.1) is 0 Å². The molecule has 0 radical (unpaired) electrons. The number of hydrogen-bond donors (Lipinski definition) is 2. The first-order valence-electron chi connectivity index (χ1n) is 6.44. The summed E-state index contributed by atoms with van der Waals surface area (Å²) in [6.45, 7) is 0.810. The topological polar surface area (TPSA) is 69.6 Å². The number of aliphatic carboxylic acids is 1. The van der Waals surface area contributed by atoms with Crippen molar-refractivity contribution in [3.05, 3.63) is 21.3 Å². The SMILES string of the molecule is CN(CCC(=O)O)C(=O)NCCCCc1ccc(Cl)s1. The summed E-state index contributed by atoms with van der Waals surface area (Å²) in [4.78, 5) is 24.6. The zero-order valence-corrected chi connectivity index (χ0v) is 13.0. The van der Waals surface area contributed by atoms with Gasteiger partial charge in [-0.3, -0.25) is 4.79 Å². The Morgan fingerprint density at radius 2 is 2.15 bits per heavy atom. The van der Waals surface area contributed by atoms with E-state index in [2.05, 4.69) is 5.32 Å². The van der Waals surface area contributed by atoms with Crippen molar-refractivity contribution in [2.75, 3.05) is 20.1 Å². The number of aryl methyl sites for hydroxylation is 1. The minimum Gasteiger partial charge on any atom is -0.481 e. The molecule has 0 aliphatic heterocycles. The molecule has 0 bridgehead atoms. The second kappa shape index (κ2) is 8.81. The first-order valence-corrected chi connectivity index (χ1v) is 7.63. The summed E-state index contributed by atoms with van der Waals surface area (Å²) >= 11 is 7.42. The molecule has 0 fully saturated rings. The monoisotopic (exact) mass is 318 g/mol. The fraction of sp³-hybridized carbons (Fsp3) is 0.538. The van der Waals surface area contributed by atoms with Gasteiger partial charge in [0.25, 0.3) is 0 Å². The smallest absolute Gasteiger partial charge is 0.317 e. The van der Waals surface area contributed by atoms with Crippen LogP contribution in [0.25, 0.3) is 0 Å². The van der Waals surface area contributed by atoms with E-state index >= 15 is 0 Å². The van der Waals surface area contributed by atoms with Gasteiger partial charge in [-0.1, -0.05) is 11.6 Å². The molecule has 0 spiro atoms. The van der Waals surface area contributed by atoms with Crippen LogP contribution in [0.4, 0.5) is 4.79 Å². The molecule has 1 aromatic rings. The van der Waals surface area contributed by atoms with Gasteiger partial charge < -0.3 is 15.3 Å². The molecular weight excluding hydrogens is 300 g/mol. The highest BCUT2D eigenvalue weighted by molar-refractivity contribution is 7.16. The number of carbonyl (C=O) groups excluding carboxylic acids is 1. The van der Waals surface area contributed by atoms with E-state index in [9.17, 15) is 9.59 Å². The molecule has 0 saturated carbocycles. The molecule has 112 valence electrons. The molecule has 0 aliphatic carbocycles. The van der Waals surface area contributed by atoms with Crippen molar-refractivity contribution < 1.29 is 14.7 Å². The van der Waals surface area contributed by atoms with Crippen LogP contribution in [0.3, 0.4) is 0 Å². The van der Waals surface area contributed by atoms with Crippen molar-refractivity contribution >= 4 is 34.9 Å². The van der Waals surface area contributed by atoms with Gasteiger partial charge in [0.15, 0.2) is 0 Å². The Morgan fingerprint density at radius 3 is 2.75 bits per heavy atom. The number of amides is 2. The van der Waals surface area contributed by atoms with Gasteiger partial charge in [-0.25, -0.2) is 4.79 Å². The Bertz CT molecular complexity index is 451. The predicted molar refractivity (Wildman–Crippen MR) is 80.5 cm³/mol. The van der Waals surface area contributed by atoms with Crippen molar-refractivity contribution in [3.63, 3.8) is 0 Å². The Kier molecular flexibility index (Phi) is 7.40. The summed E-state index contributed by atoms with van der Waals surface area (Å²) in [6, 6.07) is 3.68. The van der Waals surface area contributed by atoms with Gasteiger partial charge in [-0.05, 0) is 31.4 Å². The molecule has 0 aliphatic rings. The maximum Gasteiger partial charge on any atom is 0.317 e. The third kappa shape index (κ3) is 6.77. The molecule has 5 nitrogen and oxygen atoms in total. The van der Waals surface area contributed by atoms with Gasteiger partial charge in [0.1, 0.15) is 0 Å². The van der Waals surface area contributed by atoms with Crippen molar-refractivity contribution in [3.8, 4) is 0 Å². The second-order valence-corrected chi connectivity index (χ2v) is 6.26. The lowest BCUT2D eigenvalue weighted by Crippen LogP contribution is -2.38. The second-order valence-electron chi connectivity index (χ2n) is 4.46. The fourth-order valence-electron chi connectivity index (χ4n) is 1.61. The summed E-state index contributed by atoms with van der Waals surface area (Å²) in [7, 11) is 1.59. The molecule has 1 aromatic heterocycles. The minimum atomic E-state index is -0.903. The van der Waals surface area contributed by atoms with Gasteiger partial charge in [0.05, 0.1) is 10.8 Å². The zero-order valence-electron chi connectivity index (χ0n) is 11.4. The van der Waals surface area contributed by atoms with Crippen molar-refractivity contribution in [2.24, 2.45) is 0 Å². The van der Waals surface area contributed by atoms with Crippen LogP contribution in [0.15, 0.2) is 12.1 Å². The van der Waals surface area contributed by atoms with E-state index in [0.717, 1.165) is 23.6 Å². The van der Waals surface area contributed by atoms with Crippen molar-refractivity contribution in [1.82, 2.24) is 10.2 Å². The Labute approximate surface area is 127 Å². The summed E-state index contributed by atoms with van der Waals surface area (Å²) in [6.07, 6.45) is 2.79. The quantitative estimate of drug-likeness (QED) is 0.724. The molecular formula is C13H19ClN2O3S. The lowest BCUT2D eigenvalue weighted by molar-refractivity contribution is -0.137. The minimum absolute atomic E-state index is 0.0386. The Hall–Kier alpha value is -1.27. The Morgan fingerprint density at radius 1 is 1.40 bits per heavy atom. The number of urea groups is 1. The molecule has 20 heavy (non-hydrogen) atoms. The van der Waals surface area contributed by atoms with E-state index in [-0.39, 0.29) is 19.0 Å². The molecule has 0 unspecified atom stereocenters. The van der Waals surface area contributed by atoms with Crippen LogP contribution in [-0.4, -0.2) is 42.1 Å². The molecule has 2 amide bonds. The normalized spacial score (nSPS) is 10.3. The van der Waals surface area contributed by atoms with E-state index in [1.54, 1.807) is 18.4 Å². The van der Waals surface area contributed by atoms with E-state index in [1.807, 2.05) is 12.1 Å². The summed E-state index contributed by atoms with van der Waals surface area (Å²) < 4.78 is 0.799. The van der Waals surface area contributed by atoms with Crippen LogP contribution in [0.2, 0.25) is 4.34 Å².